The van der Waals surface area contributed by atoms with Crippen LogP contribution in [0.4, 0.5) is 0 Å². The third-order valence-electron chi connectivity index (χ3n) is 2.73. The number of benzene rings is 2. The Morgan fingerprint density at radius 3 is 2.25 bits per heavy atom. The Morgan fingerprint density at radius 2 is 1.65 bits per heavy atom. The van der Waals surface area contributed by atoms with E-state index in [2.05, 4.69) is 6.58 Å². The van der Waals surface area contributed by atoms with E-state index >= 15 is 0 Å². The first-order valence-corrected chi connectivity index (χ1v) is 7.84. The lowest BCUT2D eigenvalue weighted by Gasteiger charge is -2.20. The summed E-state index contributed by atoms with van der Waals surface area (Å²) in [5.74, 6) is -0.0961. The molecule has 0 saturated carbocycles. The van der Waals surface area contributed by atoms with E-state index in [-0.39, 0.29) is 28.7 Å². The predicted octanol–water partition coefficient (Wildman–Crippen LogP) is 3.27. The molecule has 0 fully saturated rings. The van der Waals surface area contributed by atoms with E-state index < -0.39 is 7.37 Å². The quantitative estimate of drug-likeness (QED) is 0.655. The number of para-hydroxylation sites is 3. The first-order chi connectivity index (χ1) is 9.57. The minimum Gasteiger partial charge on any atom is -0.507 e. The van der Waals surface area contributed by atoms with Crippen molar-refractivity contribution in [1.82, 2.24) is 0 Å². The summed E-state index contributed by atoms with van der Waals surface area (Å²) in [7, 11) is -3.39. The van der Waals surface area contributed by atoms with Crippen LogP contribution < -0.4 is 9.83 Å². The van der Waals surface area contributed by atoms with Crippen molar-refractivity contribution in [3.63, 3.8) is 0 Å². The molecule has 0 aliphatic carbocycles. The Hall–Kier alpha value is -2.19. The van der Waals surface area contributed by atoms with Crippen molar-refractivity contribution in [3.8, 4) is 17.2 Å². The van der Waals surface area contributed by atoms with E-state index in [9.17, 15) is 14.8 Å². The van der Waals surface area contributed by atoms with E-state index in [1.165, 1.54) is 24.3 Å². The molecule has 1 unspecified atom stereocenters. The zero-order chi connectivity index (χ0) is 14.6. The van der Waals surface area contributed by atoms with Crippen molar-refractivity contribution in [2.24, 2.45) is 0 Å². The van der Waals surface area contributed by atoms with Crippen LogP contribution in [0.15, 0.2) is 61.2 Å². The van der Waals surface area contributed by atoms with Gasteiger partial charge in [-0.3, -0.25) is 4.57 Å². The smallest absolute Gasteiger partial charge is 0.284 e. The summed E-state index contributed by atoms with van der Waals surface area (Å²) in [6.07, 6.45) is 1.52. The third-order valence-corrected chi connectivity index (χ3v) is 5.07. The fraction of sp³-hybridized carbons (Fsp3) is 0.0667. The molecule has 2 N–H and O–H groups in total. The van der Waals surface area contributed by atoms with Crippen molar-refractivity contribution in [3.05, 3.63) is 61.2 Å². The molecule has 0 radical (unpaired) electrons. The van der Waals surface area contributed by atoms with Gasteiger partial charge in [0.15, 0.2) is 11.5 Å². The lowest BCUT2D eigenvalue weighted by molar-refractivity contribution is 0.430. The second-order valence-corrected chi connectivity index (χ2v) is 6.57. The Kier molecular flexibility index (Phi) is 4.16. The van der Waals surface area contributed by atoms with Crippen LogP contribution in [0.1, 0.15) is 0 Å². The molecule has 0 aromatic heterocycles. The molecule has 0 aliphatic rings. The van der Waals surface area contributed by atoms with Gasteiger partial charge in [0.25, 0.3) is 7.37 Å². The van der Waals surface area contributed by atoms with Gasteiger partial charge in [-0.05, 0) is 24.3 Å². The fourth-order valence-electron chi connectivity index (χ4n) is 1.80. The summed E-state index contributed by atoms with van der Waals surface area (Å²) in [4.78, 5) is 0. The SMILES string of the molecule is C=CCP(=O)(Oc1ccccc1O)c1ccccc1O. The molecule has 20 heavy (non-hydrogen) atoms. The van der Waals surface area contributed by atoms with Crippen LogP contribution in [-0.4, -0.2) is 16.4 Å². The standard InChI is InChI=1S/C15H15O4P/c1-2-11-20(18,15-10-6-4-8-13(15)17)19-14-9-5-3-7-12(14)16/h2-10,16-17H,1,11H2. The maximum absolute atomic E-state index is 13.0. The fourth-order valence-corrected chi connectivity index (χ4v) is 3.72. The summed E-state index contributed by atoms with van der Waals surface area (Å²) in [5.41, 5.74) is 0. The lowest BCUT2D eigenvalue weighted by Crippen LogP contribution is -2.12. The Labute approximate surface area is 117 Å². The largest absolute Gasteiger partial charge is 0.507 e. The van der Waals surface area contributed by atoms with Crippen LogP contribution in [0, 0.1) is 0 Å². The van der Waals surface area contributed by atoms with Crippen molar-refractivity contribution in [1.29, 1.82) is 0 Å². The molecule has 0 spiro atoms. The average Bonchev–Trinajstić information content (AvgIpc) is 2.42. The van der Waals surface area contributed by atoms with E-state index in [0.717, 1.165) is 0 Å². The molecule has 5 heteroatoms. The van der Waals surface area contributed by atoms with Gasteiger partial charge in [-0.2, -0.15) is 0 Å². The number of phenols is 2. The minimum absolute atomic E-state index is 0.0545. The van der Waals surface area contributed by atoms with Gasteiger partial charge in [-0.15, -0.1) is 6.58 Å². The predicted molar refractivity (Wildman–Crippen MR) is 79.1 cm³/mol. The summed E-state index contributed by atoms with van der Waals surface area (Å²) in [5, 5.41) is 19.8. The van der Waals surface area contributed by atoms with Crippen LogP contribution in [0.2, 0.25) is 0 Å². The molecule has 0 bridgehead atoms. The van der Waals surface area contributed by atoms with E-state index in [1.807, 2.05) is 0 Å². The molecule has 4 nitrogen and oxygen atoms in total. The van der Waals surface area contributed by atoms with Gasteiger partial charge in [0.2, 0.25) is 0 Å². The van der Waals surface area contributed by atoms with Crippen LogP contribution in [0.3, 0.4) is 0 Å². The minimum atomic E-state index is -3.39. The molecular formula is C15H15O4P. The maximum Gasteiger partial charge on any atom is 0.284 e. The monoisotopic (exact) mass is 290 g/mol. The van der Waals surface area contributed by atoms with Crippen molar-refractivity contribution in [2.45, 2.75) is 0 Å². The van der Waals surface area contributed by atoms with Crippen molar-refractivity contribution in [2.75, 3.05) is 6.16 Å². The number of aromatic hydroxyl groups is 2. The summed E-state index contributed by atoms with van der Waals surface area (Å²) in [6, 6.07) is 12.6. The molecule has 2 rings (SSSR count). The summed E-state index contributed by atoms with van der Waals surface area (Å²) >= 11 is 0. The lowest BCUT2D eigenvalue weighted by atomic mass is 10.3. The zero-order valence-corrected chi connectivity index (χ0v) is 11.7. The third kappa shape index (κ3) is 2.86. The normalized spacial score (nSPS) is 13.4. The average molecular weight is 290 g/mol. The Morgan fingerprint density at radius 1 is 1.05 bits per heavy atom. The van der Waals surface area contributed by atoms with Gasteiger partial charge in [0.1, 0.15) is 5.75 Å². The number of phenolic OH excluding ortho intramolecular Hbond substituents is 2. The van der Waals surface area contributed by atoms with Gasteiger partial charge < -0.3 is 14.7 Å². The number of hydrogen-bond donors (Lipinski definition) is 2. The zero-order valence-electron chi connectivity index (χ0n) is 10.8. The van der Waals surface area contributed by atoms with Crippen LogP contribution in [0.25, 0.3) is 0 Å². The van der Waals surface area contributed by atoms with Gasteiger partial charge in [-0.25, -0.2) is 0 Å². The molecule has 104 valence electrons. The summed E-state index contributed by atoms with van der Waals surface area (Å²) in [6.45, 7) is 3.57. The highest BCUT2D eigenvalue weighted by Crippen LogP contribution is 2.49. The molecule has 2 aromatic carbocycles. The summed E-state index contributed by atoms with van der Waals surface area (Å²) < 4.78 is 18.5. The number of allylic oxidation sites excluding steroid dienone is 1. The highest BCUT2D eigenvalue weighted by atomic mass is 31.2. The first-order valence-electron chi connectivity index (χ1n) is 6.03. The van der Waals surface area contributed by atoms with Gasteiger partial charge in [0, 0.05) is 0 Å². The molecule has 2 aromatic rings. The second kappa shape index (κ2) is 5.85. The topological polar surface area (TPSA) is 66.8 Å². The van der Waals surface area contributed by atoms with Crippen LogP contribution >= 0.6 is 7.37 Å². The number of hydrogen-bond acceptors (Lipinski definition) is 4. The van der Waals surface area contributed by atoms with Gasteiger partial charge in [-0.1, -0.05) is 30.3 Å². The van der Waals surface area contributed by atoms with Crippen molar-refractivity contribution >= 4 is 12.7 Å². The molecular weight excluding hydrogens is 275 g/mol. The Balaban J connectivity index is 2.46. The van der Waals surface area contributed by atoms with E-state index in [0.29, 0.717) is 0 Å². The first kappa shape index (κ1) is 14.2. The van der Waals surface area contributed by atoms with E-state index in [1.54, 1.807) is 30.3 Å². The molecule has 0 aliphatic heterocycles. The highest BCUT2D eigenvalue weighted by molar-refractivity contribution is 7.67. The van der Waals surface area contributed by atoms with Crippen molar-refractivity contribution < 1.29 is 19.3 Å². The second-order valence-electron chi connectivity index (χ2n) is 4.19. The van der Waals surface area contributed by atoms with Crippen LogP contribution in [-0.2, 0) is 4.57 Å². The van der Waals surface area contributed by atoms with E-state index in [4.69, 9.17) is 4.52 Å². The van der Waals surface area contributed by atoms with Gasteiger partial charge >= 0.3 is 0 Å². The number of rotatable bonds is 5. The van der Waals surface area contributed by atoms with Crippen LogP contribution in [0.5, 0.6) is 17.2 Å². The van der Waals surface area contributed by atoms with Gasteiger partial charge in [0.05, 0.1) is 11.5 Å². The highest BCUT2D eigenvalue weighted by Gasteiger charge is 2.29. The molecule has 1 atom stereocenters. The Bertz CT molecular complexity index is 666. The molecule has 0 saturated heterocycles. The maximum atomic E-state index is 13.0. The molecule has 0 amide bonds. The molecule has 0 heterocycles.